The van der Waals surface area contributed by atoms with Gasteiger partial charge in [-0.25, -0.2) is 0 Å². The van der Waals surface area contributed by atoms with Crippen molar-refractivity contribution in [3.8, 4) is 0 Å². The normalized spacial score (nSPS) is 12.2. The van der Waals surface area contributed by atoms with Crippen LogP contribution in [0.5, 0.6) is 0 Å². The summed E-state index contributed by atoms with van der Waals surface area (Å²) in [5, 5.41) is 0. The first-order valence-corrected chi connectivity index (χ1v) is 7.53. The van der Waals surface area contributed by atoms with Gasteiger partial charge < -0.3 is 10.6 Å². The summed E-state index contributed by atoms with van der Waals surface area (Å²) in [6, 6.07) is 7.81. The first-order valence-electron chi connectivity index (χ1n) is 6.14. The fourth-order valence-electron chi connectivity index (χ4n) is 1.71. The van der Waals surface area contributed by atoms with E-state index in [0.717, 1.165) is 17.7 Å². The summed E-state index contributed by atoms with van der Waals surface area (Å²) in [7, 11) is 1.87. The van der Waals surface area contributed by atoms with Crippen LogP contribution in [0.4, 0.5) is 5.69 Å². The van der Waals surface area contributed by atoms with E-state index in [9.17, 15) is 4.79 Å². The van der Waals surface area contributed by atoms with Crippen molar-refractivity contribution in [2.75, 3.05) is 24.8 Å². The zero-order valence-corrected chi connectivity index (χ0v) is 12.2. The number of benzene rings is 1. The molecule has 2 N–H and O–H groups in total. The Morgan fingerprint density at radius 2 is 2.11 bits per heavy atom. The van der Waals surface area contributed by atoms with E-state index in [0.29, 0.717) is 12.1 Å². The highest BCUT2D eigenvalue weighted by molar-refractivity contribution is 7.98. The van der Waals surface area contributed by atoms with Gasteiger partial charge in [0, 0.05) is 18.8 Å². The molecule has 0 bridgehead atoms. The van der Waals surface area contributed by atoms with E-state index >= 15 is 0 Å². The van der Waals surface area contributed by atoms with Crippen LogP contribution in [-0.4, -0.2) is 35.9 Å². The van der Waals surface area contributed by atoms with Crippen LogP contribution in [0.1, 0.15) is 18.9 Å². The fourth-order valence-corrected chi connectivity index (χ4v) is 2.29. The van der Waals surface area contributed by atoms with E-state index in [1.807, 2.05) is 48.0 Å². The average molecular weight is 266 g/mol. The highest BCUT2D eigenvalue weighted by Crippen LogP contribution is 2.14. The number of rotatable bonds is 6. The molecule has 18 heavy (non-hydrogen) atoms. The zero-order valence-electron chi connectivity index (χ0n) is 11.3. The molecule has 0 radical (unpaired) electrons. The third kappa shape index (κ3) is 4.26. The summed E-state index contributed by atoms with van der Waals surface area (Å²) in [6.07, 6.45) is 3.49. The van der Waals surface area contributed by atoms with Crippen molar-refractivity contribution in [3.05, 3.63) is 29.8 Å². The summed E-state index contributed by atoms with van der Waals surface area (Å²) in [5.41, 5.74) is 7.45. The molecule has 1 unspecified atom stereocenters. The van der Waals surface area contributed by atoms with Crippen LogP contribution < -0.4 is 5.73 Å². The van der Waals surface area contributed by atoms with Gasteiger partial charge in [0.2, 0.25) is 5.91 Å². The Labute approximate surface area is 114 Å². The van der Waals surface area contributed by atoms with Gasteiger partial charge in [-0.3, -0.25) is 4.79 Å². The maximum atomic E-state index is 12.1. The van der Waals surface area contributed by atoms with Crippen molar-refractivity contribution in [1.29, 1.82) is 0 Å². The predicted octanol–water partition coefficient (Wildman–Crippen LogP) is 2.41. The van der Waals surface area contributed by atoms with E-state index in [-0.39, 0.29) is 11.9 Å². The van der Waals surface area contributed by atoms with Crippen LogP contribution in [0.25, 0.3) is 0 Å². The summed E-state index contributed by atoms with van der Waals surface area (Å²) < 4.78 is 0. The lowest BCUT2D eigenvalue weighted by molar-refractivity contribution is -0.130. The molecule has 4 heteroatoms. The molecule has 0 spiro atoms. The van der Waals surface area contributed by atoms with Crippen LogP contribution in [0, 0.1) is 0 Å². The van der Waals surface area contributed by atoms with Crippen molar-refractivity contribution >= 4 is 23.4 Å². The number of nitrogens with zero attached hydrogens (tertiary/aromatic N) is 1. The fraction of sp³-hybridized carbons (Fsp3) is 0.500. The largest absolute Gasteiger partial charge is 0.398 e. The van der Waals surface area contributed by atoms with Gasteiger partial charge in [-0.15, -0.1) is 0 Å². The molecule has 1 aromatic carbocycles. The van der Waals surface area contributed by atoms with Gasteiger partial charge in [-0.05, 0) is 37.0 Å². The quantitative estimate of drug-likeness (QED) is 0.804. The van der Waals surface area contributed by atoms with Crippen molar-refractivity contribution in [1.82, 2.24) is 4.90 Å². The third-order valence-electron chi connectivity index (χ3n) is 3.19. The van der Waals surface area contributed by atoms with Crippen LogP contribution in [0.2, 0.25) is 0 Å². The van der Waals surface area contributed by atoms with Crippen molar-refractivity contribution in [3.63, 3.8) is 0 Å². The zero-order chi connectivity index (χ0) is 13.5. The van der Waals surface area contributed by atoms with E-state index < -0.39 is 0 Å². The second-order valence-electron chi connectivity index (χ2n) is 4.51. The van der Waals surface area contributed by atoms with Crippen LogP contribution in [0.15, 0.2) is 24.3 Å². The van der Waals surface area contributed by atoms with Gasteiger partial charge in [0.1, 0.15) is 0 Å². The van der Waals surface area contributed by atoms with Crippen molar-refractivity contribution in [2.45, 2.75) is 25.8 Å². The molecule has 100 valence electrons. The van der Waals surface area contributed by atoms with Gasteiger partial charge in [0.15, 0.2) is 0 Å². The maximum Gasteiger partial charge on any atom is 0.227 e. The number of anilines is 1. The van der Waals surface area contributed by atoms with Crippen LogP contribution in [0.3, 0.4) is 0 Å². The summed E-state index contributed by atoms with van der Waals surface area (Å²) in [5.74, 6) is 1.20. The van der Waals surface area contributed by atoms with Crippen molar-refractivity contribution < 1.29 is 4.79 Å². The second-order valence-corrected chi connectivity index (χ2v) is 5.50. The minimum atomic E-state index is 0.126. The Kier molecular flexibility index (Phi) is 6.05. The number of nitrogens with two attached hydrogens (primary N) is 1. The minimum absolute atomic E-state index is 0.126. The number of thioether (sulfide) groups is 1. The predicted molar refractivity (Wildman–Crippen MR) is 79.8 cm³/mol. The number of carbonyl (C=O) groups is 1. The highest BCUT2D eigenvalue weighted by atomic mass is 32.2. The minimum Gasteiger partial charge on any atom is -0.398 e. The summed E-state index contributed by atoms with van der Waals surface area (Å²) in [6.45, 7) is 2.09. The van der Waals surface area contributed by atoms with Crippen LogP contribution in [-0.2, 0) is 11.2 Å². The molecule has 0 aliphatic carbocycles. The Morgan fingerprint density at radius 3 is 2.72 bits per heavy atom. The number of para-hydroxylation sites is 1. The molecule has 0 fully saturated rings. The lowest BCUT2D eigenvalue weighted by Gasteiger charge is -2.25. The Morgan fingerprint density at radius 1 is 1.44 bits per heavy atom. The van der Waals surface area contributed by atoms with E-state index in [1.54, 1.807) is 0 Å². The van der Waals surface area contributed by atoms with E-state index in [1.165, 1.54) is 0 Å². The Bertz CT molecular complexity index is 395. The number of likely N-dealkylation sites (N-methyl/N-ethyl adjacent to an activating group) is 1. The molecule has 1 aromatic rings. The topological polar surface area (TPSA) is 46.3 Å². The molecule has 3 nitrogen and oxygen atoms in total. The molecule has 0 aromatic heterocycles. The lowest BCUT2D eigenvalue weighted by atomic mass is 10.1. The Balaban J connectivity index is 2.57. The third-order valence-corrected chi connectivity index (χ3v) is 3.84. The molecule has 0 saturated heterocycles. The lowest BCUT2D eigenvalue weighted by Crippen LogP contribution is -2.36. The number of amides is 1. The van der Waals surface area contributed by atoms with Gasteiger partial charge in [-0.2, -0.15) is 11.8 Å². The molecule has 1 rings (SSSR count). The monoisotopic (exact) mass is 266 g/mol. The highest BCUT2D eigenvalue weighted by Gasteiger charge is 2.16. The first-order chi connectivity index (χ1) is 8.56. The number of nitrogen functional groups attached to an aromatic ring is 1. The molecular formula is C14H22N2OS. The standard InChI is InChI=1S/C14H22N2OS/c1-11(8-9-18-3)16(2)14(17)10-12-6-4-5-7-13(12)15/h4-7,11H,8-10,15H2,1-3H3. The first kappa shape index (κ1) is 14.9. The second kappa shape index (κ2) is 7.31. The molecule has 0 aliphatic rings. The molecule has 1 amide bonds. The smallest absolute Gasteiger partial charge is 0.227 e. The molecule has 0 saturated carbocycles. The number of carbonyl (C=O) groups excluding carboxylic acids is 1. The van der Waals surface area contributed by atoms with Crippen LogP contribution >= 0.6 is 11.8 Å². The van der Waals surface area contributed by atoms with Gasteiger partial charge >= 0.3 is 0 Å². The van der Waals surface area contributed by atoms with Gasteiger partial charge in [0.25, 0.3) is 0 Å². The SMILES string of the molecule is CSCCC(C)N(C)C(=O)Cc1ccccc1N. The molecule has 0 aliphatic heterocycles. The summed E-state index contributed by atoms with van der Waals surface area (Å²) >= 11 is 1.81. The molecular weight excluding hydrogens is 244 g/mol. The average Bonchev–Trinajstić information content (AvgIpc) is 2.37. The Hall–Kier alpha value is -1.16. The molecule has 0 heterocycles. The summed E-state index contributed by atoms with van der Waals surface area (Å²) in [4.78, 5) is 14.0. The van der Waals surface area contributed by atoms with Gasteiger partial charge in [-0.1, -0.05) is 18.2 Å². The van der Waals surface area contributed by atoms with E-state index in [4.69, 9.17) is 5.73 Å². The number of hydrogen-bond acceptors (Lipinski definition) is 3. The van der Waals surface area contributed by atoms with E-state index in [2.05, 4.69) is 13.2 Å². The number of hydrogen-bond donors (Lipinski definition) is 1. The van der Waals surface area contributed by atoms with Crippen molar-refractivity contribution in [2.24, 2.45) is 0 Å². The molecule has 1 atom stereocenters. The maximum absolute atomic E-state index is 12.1. The van der Waals surface area contributed by atoms with Gasteiger partial charge in [0.05, 0.1) is 6.42 Å².